The molecule has 0 aliphatic heterocycles. The normalized spacial score (nSPS) is 13.0. The van der Waals surface area contributed by atoms with E-state index in [9.17, 15) is 17.7 Å². The number of pyridine rings is 1. The van der Waals surface area contributed by atoms with Crippen LogP contribution in [0.25, 0.3) is 43.8 Å². The first kappa shape index (κ1) is 23.6. The molecule has 0 amide bonds. The highest BCUT2D eigenvalue weighted by atomic mass is 32.2. The van der Waals surface area contributed by atoms with E-state index >= 15 is 0 Å². The Labute approximate surface area is 206 Å². The first-order valence-corrected chi connectivity index (χ1v) is 12.8. The number of rotatable bonds is 5. The molecule has 0 fully saturated rings. The minimum atomic E-state index is -4.53. The molecular weight excluding hydrogens is 495 g/mol. The lowest BCUT2D eigenvalue weighted by Crippen LogP contribution is -2.11. The summed E-state index contributed by atoms with van der Waals surface area (Å²) in [5, 5.41) is 0.464. The largest absolute Gasteiger partial charge is 0.610 e. The summed E-state index contributed by atoms with van der Waals surface area (Å²) in [7, 11) is 3.45. The highest BCUT2D eigenvalue weighted by molar-refractivity contribution is 7.91. The van der Waals surface area contributed by atoms with Crippen molar-refractivity contribution in [2.45, 2.75) is 18.1 Å². The number of halogens is 3. The highest BCUT2D eigenvalue weighted by Gasteiger charge is 2.33. The number of hydrogen-bond donors (Lipinski definition) is 0. The van der Waals surface area contributed by atoms with Crippen molar-refractivity contribution in [1.82, 2.24) is 24.1 Å². The summed E-state index contributed by atoms with van der Waals surface area (Å²) >= 11 is 0.164. The van der Waals surface area contributed by atoms with Crippen LogP contribution in [0.2, 0.25) is 0 Å². The molecule has 5 rings (SSSR count). The number of aryl methyl sites for hydroxylation is 1. The van der Waals surface area contributed by atoms with E-state index in [1.807, 2.05) is 42.5 Å². The van der Waals surface area contributed by atoms with Gasteiger partial charge in [-0.3, -0.25) is 4.57 Å². The van der Waals surface area contributed by atoms with Gasteiger partial charge in [-0.25, -0.2) is 15.0 Å². The van der Waals surface area contributed by atoms with Crippen LogP contribution in [-0.4, -0.2) is 34.4 Å². The Balaban J connectivity index is 1.66. The quantitative estimate of drug-likeness (QED) is 0.273. The zero-order valence-electron chi connectivity index (χ0n) is 19.0. The maximum absolute atomic E-state index is 13.2. The third kappa shape index (κ3) is 4.13. The minimum Gasteiger partial charge on any atom is -0.610 e. The Morgan fingerprint density at radius 1 is 0.971 bits per heavy atom. The molecule has 4 aromatic heterocycles. The average molecular weight is 516 g/mol. The summed E-state index contributed by atoms with van der Waals surface area (Å²) in [5.74, 6) is 1.27. The molecule has 0 spiro atoms. The number of hydrogen-bond acceptors (Lipinski definition) is 5. The molecule has 1 unspecified atom stereocenters. The lowest BCUT2D eigenvalue weighted by Gasteiger charge is -2.10. The van der Waals surface area contributed by atoms with Gasteiger partial charge in [0.2, 0.25) is 0 Å². The fourth-order valence-electron chi connectivity index (χ4n) is 3.91. The second-order valence-electron chi connectivity index (χ2n) is 7.87. The molecule has 0 aliphatic rings. The van der Waals surface area contributed by atoms with E-state index in [1.165, 1.54) is 0 Å². The fraction of sp³-hybridized carbons (Fsp3) is 0.208. The van der Waals surface area contributed by atoms with Crippen LogP contribution in [0.3, 0.4) is 0 Å². The molecule has 0 radical (unpaired) electrons. The number of fused-ring (bicyclic) bond motifs is 1. The summed E-state index contributed by atoms with van der Waals surface area (Å²) < 4.78 is 56.0. The second-order valence-corrected chi connectivity index (χ2v) is 10.6. The van der Waals surface area contributed by atoms with Crippen molar-refractivity contribution < 1.29 is 17.7 Å². The number of thiophene rings is 1. The number of alkyl halides is 3. The molecule has 5 aromatic rings. The third-order valence-electron chi connectivity index (χ3n) is 5.65. The molecule has 6 nitrogen and oxygen atoms in total. The second kappa shape index (κ2) is 8.81. The minimum absolute atomic E-state index is 0.0975. The van der Waals surface area contributed by atoms with Crippen molar-refractivity contribution in [3.05, 3.63) is 60.3 Å². The van der Waals surface area contributed by atoms with Gasteiger partial charge >= 0.3 is 6.18 Å². The molecule has 35 heavy (non-hydrogen) atoms. The van der Waals surface area contributed by atoms with Crippen LogP contribution in [-0.2, 0) is 31.4 Å². The summed E-state index contributed by atoms with van der Waals surface area (Å²) in [6.07, 6.45) is -3.74. The third-order valence-corrected chi connectivity index (χ3v) is 8.21. The van der Waals surface area contributed by atoms with E-state index in [1.54, 1.807) is 41.5 Å². The number of aromatic nitrogens is 5. The van der Waals surface area contributed by atoms with Gasteiger partial charge in [0.15, 0.2) is 23.0 Å². The Hall–Kier alpha value is -3.15. The van der Waals surface area contributed by atoms with Crippen LogP contribution in [0, 0.1) is 0 Å². The zero-order valence-corrected chi connectivity index (χ0v) is 20.6. The maximum Gasteiger partial charge on any atom is 0.417 e. The van der Waals surface area contributed by atoms with E-state index in [0.29, 0.717) is 28.1 Å². The van der Waals surface area contributed by atoms with Gasteiger partial charge in [0.25, 0.3) is 5.03 Å². The van der Waals surface area contributed by atoms with Crippen LogP contribution in [0.15, 0.2) is 59.8 Å². The summed E-state index contributed by atoms with van der Waals surface area (Å²) in [6.45, 7) is 1.80. The first-order chi connectivity index (χ1) is 16.7. The first-order valence-electron chi connectivity index (χ1n) is 10.7. The van der Waals surface area contributed by atoms with E-state index in [4.69, 9.17) is 4.98 Å². The lowest BCUT2D eigenvalue weighted by atomic mass is 10.2. The lowest BCUT2D eigenvalue weighted by molar-refractivity contribution is -0.137. The SMILES string of the molecule is CC[S+]([O-])c1c(-c2nc3cc(C(F)(F)F)cnc3n2C)nc(-c2ccc(-c3ccccc3)s2)n1C. The van der Waals surface area contributed by atoms with Crippen molar-refractivity contribution >= 4 is 33.7 Å². The van der Waals surface area contributed by atoms with Crippen molar-refractivity contribution in [2.75, 3.05) is 5.75 Å². The van der Waals surface area contributed by atoms with Gasteiger partial charge in [0.05, 0.1) is 10.4 Å². The van der Waals surface area contributed by atoms with Gasteiger partial charge in [-0.1, -0.05) is 30.3 Å². The number of nitrogens with zero attached hydrogens (tertiary/aromatic N) is 5. The molecule has 0 saturated carbocycles. The Morgan fingerprint density at radius 2 is 1.69 bits per heavy atom. The predicted molar refractivity (Wildman–Crippen MR) is 131 cm³/mol. The Kier molecular flexibility index (Phi) is 5.94. The van der Waals surface area contributed by atoms with Crippen molar-refractivity contribution in [3.63, 3.8) is 0 Å². The zero-order chi connectivity index (χ0) is 24.9. The molecule has 11 heteroatoms. The molecule has 4 heterocycles. The van der Waals surface area contributed by atoms with E-state index < -0.39 is 22.9 Å². The number of benzene rings is 1. The maximum atomic E-state index is 13.2. The fourth-order valence-corrected chi connectivity index (χ4v) is 5.96. The molecular formula is C24H20F3N5OS2. The standard InChI is InChI=1S/C24H20F3N5OS2/c1-4-35(33)23-19(22-29-16-12-15(24(25,26)27)13-28-20(16)31(22)2)30-21(32(23)3)18-11-10-17(34-18)14-8-6-5-7-9-14/h5-13H,4H2,1-3H3. The van der Waals surface area contributed by atoms with Gasteiger partial charge in [0, 0.05) is 36.3 Å². The average Bonchev–Trinajstić information content (AvgIpc) is 3.54. The Morgan fingerprint density at radius 3 is 2.37 bits per heavy atom. The molecule has 180 valence electrons. The van der Waals surface area contributed by atoms with Crippen LogP contribution in [0.1, 0.15) is 12.5 Å². The van der Waals surface area contributed by atoms with Crippen molar-refractivity contribution in [3.8, 4) is 32.7 Å². The molecule has 0 aliphatic carbocycles. The van der Waals surface area contributed by atoms with Gasteiger partial charge in [0.1, 0.15) is 11.3 Å². The van der Waals surface area contributed by atoms with Gasteiger partial charge in [-0.15, -0.1) is 11.3 Å². The predicted octanol–water partition coefficient (Wildman–Crippen LogP) is 5.91. The van der Waals surface area contributed by atoms with Gasteiger partial charge < -0.3 is 9.12 Å². The number of imidazole rings is 2. The van der Waals surface area contributed by atoms with Gasteiger partial charge in [-0.05, 0) is 30.7 Å². The van der Waals surface area contributed by atoms with Gasteiger partial charge in [-0.2, -0.15) is 13.2 Å². The van der Waals surface area contributed by atoms with E-state index in [-0.39, 0.29) is 11.2 Å². The smallest absolute Gasteiger partial charge is 0.417 e. The van der Waals surface area contributed by atoms with Crippen LogP contribution < -0.4 is 0 Å². The van der Waals surface area contributed by atoms with Crippen molar-refractivity contribution in [2.24, 2.45) is 14.1 Å². The van der Waals surface area contributed by atoms with Crippen LogP contribution >= 0.6 is 11.3 Å². The molecule has 0 bridgehead atoms. The van der Waals surface area contributed by atoms with E-state index in [2.05, 4.69) is 9.97 Å². The molecule has 0 N–H and O–H groups in total. The highest BCUT2D eigenvalue weighted by Crippen LogP contribution is 2.38. The topological polar surface area (TPSA) is 71.6 Å². The Bertz CT molecular complexity index is 1520. The molecule has 1 atom stereocenters. The molecule has 1 aromatic carbocycles. The van der Waals surface area contributed by atoms with Crippen molar-refractivity contribution in [1.29, 1.82) is 0 Å². The van der Waals surface area contributed by atoms with Crippen LogP contribution in [0.5, 0.6) is 0 Å². The summed E-state index contributed by atoms with van der Waals surface area (Å²) in [6, 6.07) is 14.9. The monoisotopic (exact) mass is 515 g/mol. The molecule has 0 saturated heterocycles. The van der Waals surface area contributed by atoms with E-state index in [0.717, 1.165) is 27.6 Å². The van der Waals surface area contributed by atoms with Crippen LogP contribution in [0.4, 0.5) is 13.2 Å². The summed E-state index contributed by atoms with van der Waals surface area (Å²) in [5.41, 5.74) is 0.959. The summed E-state index contributed by atoms with van der Waals surface area (Å²) in [4.78, 5) is 15.2.